The summed E-state index contributed by atoms with van der Waals surface area (Å²) in [5, 5.41) is 19.0. The van der Waals surface area contributed by atoms with Gasteiger partial charge in [0, 0.05) is 6.07 Å². The maximum Gasteiger partial charge on any atom is 0.181 e. The molecule has 0 saturated carbocycles. The monoisotopic (exact) mass is 165 g/mol. The molecule has 0 bridgehead atoms. The number of fused-ring (bicyclic) bond motifs is 1. The third-order valence-electron chi connectivity index (χ3n) is 1.73. The highest BCUT2D eigenvalue weighted by molar-refractivity contribution is 5.90. The summed E-state index contributed by atoms with van der Waals surface area (Å²) in [6, 6.07) is 3.02. The van der Waals surface area contributed by atoms with E-state index in [9.17, 15) is 10.2 Å². The van der Waals surface area contributed by atoms with Gasteiger partial charge in [-0.25, -0.2) is 0 Å². The van der Waals surface area contributed by atoms with Gasteiger partial charge in [0.2, 0.25) is 0 Å². The van der Waals surface area contributed by atoms with Crippen LogP contribution in [0.1, 0.15) is 0 Å². The Morgan fingerprint density at radius 2 is 2.00 bits per heavy atom. The summed E-state index contributed by atoms with van der Waals surface area (Å²) in [6.45, 7) is 0. The zero-order chi connectivity index (χ0) is 8.72. The minimum atomic E-state index is -0.302. The predicted octanol–water partition coefficient (Wildman–Crippen LogP) is 1.43. The van der Waals surface area contributed by atoms with Crippen LogP contribution in [0.15, 0.2) is 22.8 Å². The average molecular weight is 165 g/mol. The second kappa shape index (κ2) is 2.07. The number of anilines is 1. The van der Waals surface area contributed by atoms with Crippen molar-refractivity contribution in [3.63, 3.8) is 0 Å². The van der Waals surface area contributed by atoms with Crippen LogP contribution in [0.5, 0.6) is 11.5 Å². The third-order valence-corrected chi connectivity index (χ3v) is 1.73. The molecule has 2 aromatic rings. The first kappa shape index (κ1) is 6.84. The summed E-state index contributed by atoms with van der Waals surface area (Å²) in [6.07, 6.45) is 1.42. The van der Waals surface area contributed by atoms with E-state index < -0.39 is 0 Å². The van der Waals surface area contributed by atoms with Gasteiger partial charge in [-0.05, 0) is 6.07 Å². The molecule has 0 atom stereocenters. The Balaban J connectivity index is 2.94. The fourth-order valence-electron chi connectivity index (χ4n) is 1.10. The quantitative estimate of drug-likeness (QED) is 0.407. The van der Waals surface area contributed by atoms with Gasteiger partial charge >= 0.3 is 0 Å². The zero-order valence-corrected chi connectivity index (χ0v) is 6.11. The topological polar surface area (TPSA) is 79.6 Å². The number of hydrogen-bond acceptors (Lipinski definition) is 4. The fourth-order valence-corrected chi connectivity index (χ4v) is 1.10. The minimum absolute atomic E-state index is 0.106. The molecular formula is C8H7NO3. The number of benzene rings is 1. The number of rotatable bonds is 0. The van der Waals surface area contributed by atoms with Crippen LogP contribution in [0, 0.1) is 0 Å². The summed E-state index contributed by atoms with van der Waals surface area (Å²) in [4.78, 5) is 0. The highest BCUT2D eigenvalue weighted by Crippen LogP contribution is 2.38. The number of phenols is 2. The van der Waals surface area contributed by atoms with Crippen molar-refractivity contribution in [2.75, 3.05) is 5.73 Å². The normalized spacial score (nSPS) is 10.7. The smallest absolute Gasteiger partial charge is 0.181 e. The molecule has 0 aliphatic rings. The van der Waals surface area contributed by atoms with Crippen molar-refractivity contribution >= 4 is 16.7 Å². The number of furan rings is 1. The lowest BCUT2D eigenvalue weighted by Gasteiger charge is -2.01. The summed E-state index contributed by atoms with van der Waals surface area (Å²) in [5.74, 6) is -0.539. The standard InChI is InChI=1S/C8H7NO3/c9-5-3-6-4(1-2-12-6)7(10)8(5)11/h1-3,10-11H,9H2. The molecule has 62 valence electrons. The summed E-state index contributed by atoms with van der Waals surface area (Å²) >= 11 is 0. The first-order chi connectivity index (χ1) is 5.70. The van der Waals surface area contributed by atoms with E-state index in [1.165, 1.54) is 12.3 Å². The number of aromatic hydroxyl groups is 2. The molecule has 0 unspecified atom stereocenters. The molecule has 2 rings (SSSR count). The highest BCUT2D eigenvalue weighted by Gasteiger charge is 2.10. The van der Waals surface area contributed by atoms with Gasteiger partial charge in [-0.3, -0.25) is 0 Å². The Morgan fingerprint density at radius 3 is 2.75 bits per heavy atom. The Hall–Kier alpha value is -1.84. The van der Waals surface area contributed by atoms with Gasteiger partial charge in [0.05, 0.1) is 17.3 Å². The van der Waals surface area contributed by atoms with Crippen molar-refractivity contribution in [3.8, 4) is 11.5 Å². The molecule has 0 fully saturated rings. The number of nitrogen functional groups attached to an aromatic ring is 1. The van der Waals surface area contributed by atoms with Gasteiger partial charge in [0.25, 0.3) is 0 Å². The van der Waals surface area contributed by atoms with E-state index in [1.807, 2.05) is 0 Å². The summed E-state index contributed by atoms with van der Waals surface area (Å²) < 4.78 is 4.98. The molecule has 4 N–H and O–H groups in total. The molecule has 0 amide bonds. The van der Waals surface area contributed by atoms with Crippen LogP contribution < -0.4 is 5.73 Å². The molecule has 12 heavy (non-hydrogen) atoms. The van der Waals surface area contributed by atoms with Crippen LogP contribution in [0.2, 0.25) is 0 Å². The fraction of sp³-hybridized carbons (Fsp3) is 0. The first-order valence-corrected chi connectivity index (χ1v) is 3.38. The van der Waals surface area contributed by atoms with E-state index in [-0.39, 0.29) is 17.2 Å². The van der Waals surface area contributed by atoms with E-state index in [0.29, 0.717) is 11.0 Å². The Kier molecular flexibility index (Phi) is 1.18. The van der Waals surface area contributed by atoms with Crippen LogP contribution in [0.3, 0.4) is 0 Å². The molecule has 4 heteroatoms. The summed E-state index contributed by atoms with van der Waals surface area (Å²) in [5.41, 5.74) is 5.94. The Labute approximate surface area is 67.8 Å². The van der Waals surface area contributed by atoms with Crippen LogP contribution in [-0.2, 0) is 0 Å². The molecule has 4 nitrogen and oxygen atoms in total. The molecule has 0 aliphatic heterocycles. The van der Waals surface area contributed by atoms with Crippen molar-refractivity contribution in [1.29, 1.82) is 0 Å². The molecule has 1 heterocycles. The number of nitrogens with two attached hydrogens (primary N) is 1. The van der Waals surface area contributed by atoms with Gasteiger partial charge in [-0.1, -0.05) is 0 Å². The van der Waals surface area contributed by atoms with Crippen molar-refractivity contribution in [2.24, 2.45) is 0 Å². The van der Waals surface area contributed by atoms with Crippen LogP contribution in [-0.4, -0.2) is 10.2 Å². The summed E-state index contributed by atoms with van der Waals surface area (Å²) in [7, 11) is 0. The average Bonchev–Trinajstić information content (AvgIpc) is 2.48. The van der Waals surface area contributed by atoms with Gasteiger partial charge < -0.3 is 20.4 Å². The van der Waals surface area contributed by atoms with Crippen LogP contribution >= 0.6 is 0 Å². The third kappa shape index (κ3) is 0.717. The van der Waals surface area contributed by atoms with Crippen LogP contribution in [0.4, 0.5) is 5.69 Å². The lowest BCUT2D eigenvalue weighted by molar-refractivity contribution is 0.410. The number of hydrogen-bond donors (Lipinski definition) is 3. The maximum absolute atomic E-state index is 9.34. The maximum atomic E-state index is 9.34. The van der Waals surface area contributed by atoms with Crippen molar-refractivity contribution < 1.29 is 14.6 Å². The lowest BCUT2D eigenvalue weighted by atomic mass is 10.2. The van der Waals surface area contributed by atoms with Gasteiger partial charge in [-0.2, -0.15) is 0 Å². The molecule has 0 saturated heterocycles. The highest BCUT2D eigenvalue weighted by atomic mass is 16.3. The van der Waals surface area contributed by atoms with Crippen molar-refractivity contribution in [1.82, 2.24) is 0 Å². The largest absolute Gasteiger partial charge is 0.504 e. The van der Waals surface area contributed by atoms with E-state index in [0.717, 1.165) is 0 Å². The second-order valence-electron chi connectivity index (χ2n) is 2.50. The zero-order valence-electron chi connectivity index (χ0n) is 6.11. The SMILES string of the molecule is Nc1cc2occc2c(O)c1O. The van der Waals surface area contributed by atoms with E-state index in [4.69, 9.17) is 10.2 Å². The molecule has 1 aromatic carbocycles. The number of phenolic OH excluding ortho intramolecular Hbond substituents is 2. The minimum Gasteiger partial charge on any atom is -0.504 e. The molecular weight excluding hydrogens is 158 g/mol. The lowest BCUT2D eigenvalue weighted by Crippen LogP contribution is -1.85. The van der Waals surface area contributed by atoms with E-state index in [1.54, 1.807) is 6.07 Å². The molecule has 0 spiro atoms. The molecule has 1 aromatic heterocycles. The second-order valence-corrected chi connectivity index (χ2v) is 2.50. The Bertz CT molecular complexity index is 433. The van der Waals surface area contributed by atoms with E-state index >= 15 is 0 Å². The predicted molar refractivity (Wildman–Crippen MR) is 44.0 cm³/mol. The van der Waals surface area contributed by atoms with Crippen molar-refractivity contribution in [2.45, 2.75) is 0 Å². The molecule has 0 aliphatic carbocycles. The molecule has 0 radical (unpaired) electrons. The van der Waals surface area contributed by atoms with Gasteiger partial charge in [0.1, 0.15) is 5.58 Å². The Morgan fingerprint density at radius 1 is 1.25 bits per heavy atom. The van der Waals surface area contributed by atoms with Gasteiger partial charge in [0.15, 0.2) is 11.5 Å². The van der Waals surface area contributed by atoms with E-state index in [2.05, 4.69) is 0 Å². The van der Waals surface area contributed by atoms with Crippen molar-refractivity contribution in [3.05, 3.63) is 18.4 Å². The van der Waals surface area contributed by atoms with Crippen LogP contribution in [0.25, 0.3) is 11.0 Å². The van der Waals surface area contributed by atoms with Gasteiger partial charge in [-0.15, -0.1) is 0 Å². The first-order valence-electron chi connectivity index (χ1n) is 3.38.